The van der Waals surface area contributed by atoms with Crippen LogP contribution < -0.4 is 5.32 Å². The molecule has 2 aromatic carbocycles. The predicted molar refractivity (Wildman–Crippen MR) is 119 cm³/mol. The first-order valence-corrected chi connectivity index (χ1v) is 11.0. The average molecular weight is 437 g/mol. The molecule has 7 heteroatoms. The maximum absolute atomic E-state index is 12.8. The van der Waals surface area contributed by atoms with Gasteiger partial charge in [-0.05, 0) is 42.5 Å². The minimum absolute atomic E-state index is 0.0509. The van der Waals surface area contributed by atoms with Gasteiger partial charge in [0, 0.05) is 16.3 Å². The van der Waals surface area contributed by atoms with E-state index in [1.807, 2.05) is 41.2 Å². The number of β-amino-alcohol motifs (C(OH)–C–C–N with tert-alkyl or cyclic N) is 1. The molecule has 31 heavy (non-hydrogen) atoms. The number of aliphatic hydroxyl groups is 1. The highest BCUT2D eigenvalue weighted by atomic mass is 35.5. The zero-order valence-corrected chi connectivity index (χ0v) is 17.9. The predicted octanol–water partition coefficient (Wildman–Crippen LogP) is 3.88. The summed E-state index contributed by atoms with van der Waals surface area (Å²) in [7, 11) is 0. The molecule has 3 aromatic rings. The Morgan fingerprint density at radius 3 is 2.65 bits per heavy atom. The number of benzene rings is 2. The number of likely N-dealkylation sites (tertiary alicyclic amines) is 1. The molecule has 2 heterocycles. The van der Waals surface area contributed by atoms with Crippen LogP contribution in [0.2, 0.25) is 5.02 Å². The van der Waals surface area contributed by atoms with Crippen molar-refractivity contribution >= 4 is 17.6 Å². The summed E-state index contributed by atoms with van der Waals surface area (Å²) in [6.07, 6.45) is 4.76. The van der Waals surface area contributed by atoms with E-state index in [1.165, 1.54) is 11.3 Å². The maximum atomic E-state index is 12.8. The number of carbonyl (C=O) groups is 1. The average Bonchev–Trinajstić information content (AvgIpc) is 3.16. The van der Waals surface area contributed by atoms with Crippen LogP contribution in [-0.4, -0.2) is 38.9 Å². The highest BCUT2D eigenvalue weighted by Crippen LogP contribution is 2.34. The Hall–Kier alpha value is -2.83. The van der Waals surface area contributed by atoms with E-state index >= 15 is 0 Å². The number of rotatable bonds is 4. The Bertz CT molecular complexity index is 1070. The second-order valence-electron chi connectivity index (χ2n) is 8.48. The van der Waals surface area contributed by atoms with E-state index in [4.69, 9.17) is 11.6 Å². The van der Waals surface area contributed by atoms with Crippen molar-refractivity contribution in [2.75, 3.05) is 13.1 Å². The molecule has 1 atom stereocenters. The molecule has 0 bridgehead atoms. The summed E-state index contributed by atoms with van der Waals surface area (Å²) in [6, 6.07) is 17.2. The molecule has 1 saturated heterocycles. The van der Waals surface area contributed by atoms with Gasteiger partial charge in [-0.25, -0.2) is 4.79 Å². The monoisotopic (exact) mass is 436 g/mol. The van der Waals surface area contributed by atoms with Gasteiger partial charge in [0.15, 0.2) is 0 Å². The van der Waals surface area contributed by atoms with Crippen molar-refractivity contribution < 1.29 is 9.90 Å². The third kappa shape index (κ3) is 3.93. The number of urea groups is 1. The summed E-state index contributed by atoms with van der Waals surface area (Å²) in [5.74, 6) is 0. The largest absolute Gasteiger partial charge is 0.381 e. The lowest BCUT2D eigenvalue weighted by Gasteiger charge is -2.47. The van der Waals surface area contributed by atoms with Gasteiger partial charge in [0.05, 0.1) is 31.9 Å². The summed E-state index contributed by atoms with van der Waals surface area (Å²) in [4.78, 5) is 14.5. The second kappa shape index (κ2) is 8.02. The molecule has 0 spiro atoms. The number of fused-ring (bicyclic) bond motifs is 1. The van der Waals surface area contributed by atoms with E-state index < -0.39 is 5.60 Å². The zero-order valence-electron chi connectivity index (χ0n) is 17.2. The number of nitrogens with one attached hydrogen (secondary N) is 1. The number of halogens is 1. The smallest absolute Gasteiger partial charge is 0.318 e. The first-order valence-electron chi connectivity index (χ1n) is 10.6. The Labute approximate surface area is 186 Å². The van der Waals surface area contributed by atoms with Gasteiger partial charge in [-0.15, -0.1) is 0 Å². The van der Waals surface area contributed by atoms with Crippen LogP contribution in [0.3, 0.4) is 0 Å². The van der Waals surface area contributed by atoms with E-state index in [0.29, 0.717) is 5.02 Å². The molecule has 2 N–H and O–H groups in total. The van der Waals surface area contributed by atoms with Crippen LogP contribution in [-0.2, 0) is 18.6 Å². The molecule has 5 rings (SSSR count). The van der Waals surface area contributed by atoms with Crippen LogP contribution in [0.15, 0.2) is 60.8 Å². The molecular formula is C24H25ClN4O2. The minimum Gasteiger partial charge on any atom is -0.381 e. The molecular weight excluding hydrogens is 412 g/mol. The van der Waals surface area contributed by atoms with Gasteiger partial charge in [0.1, 0.15) is 5.60 Å². The maximum Gasteiger partial charge on any atom is 0.318 e. The standard InChI is InChI=1S/C24H25ClN4O2/c25-19-11-9-18(10-12-19)24(31)15-28(16-24)23(30)27-21-7-4-8-22-20(21)13-26-29(22)14-17-5-2-1-3-6-17/h1-3,5-6,9-13,21,31H,4,7-8,14-16H2,(H,27,30). The quantitative estimate of drug-likeness (QED) is 0.652. The van der Waals surface area contributed by atoms with Gasteiger partial charge in [-0.3, -0.25) is 4.68 Å². The molecule has 6 nitrogen and oxygen atoms in total. The lowest BCUT2D eigenvalue weighted by atomic mass is 9.86. The Balaban J connectivity index is 1.24. The van der Waals surface area contributed by atoms with E-state index in [9.17, 15) is 9.90 Å². The van der Waals surface area contributed by atoms with Crippen molar-refractivity contribution in [1.82, 2.24) is 20.0 Å². The van der Waals surface area contributed by atoms with Crippen molar-refractivity contribution in [2.24, 2.45) is 0 Å². The third-order valence-electron chi connectivity index (χ3n) is 6.31. The first-order chi connectivity index (χ1) is 15.0. The van der Waals surface area contributed by atoms with E-state index in [-0.39, 0.29) is 25.2 Å². The van der Waals surface area contributed by atoms with Crippen molar-refractivity contribution in [1.29, 1.82) is 0 Å². The van der Waals surface area contributed by atoms with Crippen molar-refractivity contribution in [3.05, 3.63) is 88.2 Å². The Morgan fingerprint density at radius 2 is 1.90 bits per heavy atom. The molecule has 2 aliphatic rings. The zero-order chi connectivity index (χ0) is 21.4. The molecule has 1 unspecified atom stereocenters. The summed E-state index contributed by atoms with van der Waals surface area (Å²) < 4.78 is 2.05. The van der Waals surface area contributed by atoms with Gasteiger partial charge < -0.3 is 15.3 Å². The third-order valence-corrected chi connectivity index (χ3v) is 6.56. The van der Waals surface area contributed by atoms with Crippen molar-refractivity contribution in [3.8, 4) is 0 Å². The number of hydrogen-bond donors (Lipinski definition) is 2. The molecule has 2 amide bonds. The fourth-order valence-electron chi connectivity index (χ4n) is 4.57. The summed E-state index contributed by atoms with van der Waals surface area (Å²) in [5.41, 5.74) is 3.27. The molecule has 0 radical (unpaired) electrons. The van der Waals surface area contributed by atoms with Crippen molar-refractivity contribution in [3.63, 3.8) is 0 Å². The van der Waals surface area contributed by atoms with Gasteiger partial charge in [-0.2, -0.15) is 5.10 Å². The van der Waals surface area contributed by atoms with Crippen LogP contribution in [0, 0.1) is 0 Å². The number of carbonyl (C=O) groups excluding carboxylic acids is 1. The summed E-state index contributed by atoms with van der Waals surface area (Å²) in [5, 5.41) is 19.2. The second-order valence-corrected chi connectivity index (χ2v) is 8.92. The number of aromatic nitrogens is 2. The van der Waals surface area contributed by atoms with Gasteiger partial charge in [-0.1, -0.05) is 54.1 Å². The SMILES string of the molecule is O=C(NC1CCCc2c1cnn2Cc1ccccc1)N1CC(O)(c2ccc(Cl)cc2)C1. The highest BCUT2D eigenvalue weighted by Gasteiger charge is 2.45. The molecule has 160 valence electrons. The number of amides is 2. The first kappa shape index (κ1) is 20.1. The highest BCUT2D eigenvalue weighted by molar-refractivity contribution is 6.30. The minimum atomic E-state index is -1.01. The van der Waals surface area contributed by atoms with E-state index in [0.717, 1.165) is 36.9 Å². The topological polar surface area (TPSA) is 70.4 Å². The molecule has 1 fully saturated rings. The van der Waals surface area contributed by atoms with Crippen LogP contribution >= 0.6 is 11.6 Å². The van der Waals surface area contributed by atoms with Crippen molar-refractivity contribution in [2.45, 2.75) is 37.5 Å². The van der Waals surface area contributed by atoms with Gasteiger partial charge in [0.2, 0.25) is 0 Å². The fourth-order valence-corrected chi connectivity index (χ4v) is 4.70. The van der Waals surface area contributed by atoms with Crippen LogP contribution in [0.25, 0.3) is 0 Å². The summed E-state index contributed by atoms with van der Waals surface area (Å²) >= 11 is 5.94. The van der Waals surface area contributed by atoms with E-state index in [2.05, 4.69) is 22.5 Å². The van der Waals surface area contributed by atoms with Gasteiger partial charge >= 0.3 is 6.03 Å². The van der Waals surface area contributed by atoms with Crippen LogP contribution in [0.4, 0.5) is 4.79 Å². The molecule has 0 saturated carbocycles. The molecule has 1 aliphatic heterocycles. The van der Waals surface area contributed by atoms with E-state index in [1.54, 1.807) is 17.0 Å². The van der Waals surface area contributed by atoms with Crippen LogP contribution in [0.5, 0.6) is 0 Å². The number of nitrogens with zero attached hydrogens (tertiary/aromatic N) is 3. The lowest BCUT2D eigenvalue weighted by molar-refractivity contribution is -0.0820. The normalized spacial score (nSPS) is 19.4. The Morgan fingerprint density at radius 1 is 1.16 bits per heavy atom. The van der Waals surface area contributed by atoms with Crippen LogP contribution in [0.1, 0.15) is 41.3 Å². The Kier molecular flexibility index (Phi) is 5.20. The lowest BCUT2D eigenvalue weighted by Crippen LogP contribution is -2.63. The van der Waals surface area contributed by atoms with Gasteiger partial charge in [0.25, 0.3) is 0 Å². The number of hydrogen-bond acceptors (Lipinski definition) is 3. The fraction of sp³-hybridized carbons (Fsp3) is 0.333. The molecule has 1 aromatic heterocycles. The summed E-state index contributed by atoms with van der Waals surface area (Å²) in [6.45, 7) is 1.28. The molecule has 1 aliphatic carbocycles.